The minimum absolute atomic E-state index is 0.449. The molecule has 0 saturated carbocycles. The Labute approximate surface area is 736 Å². The number of rotatable bonds is 34. The van der Waals surface area contributed by atoms with Gasteiger partial charge in [-0.2, -0.15) is 0 Å². The van der Waals surface area contributed by atoms with E-state index in [1.807, 2.05) is 0 Å². The Bertz CT molecular complexity index is 3440. The number of amides is 2. The van der Waals surface area contributed by atoms with Gasteiger partial charge >= 0.3 is 0 Å². The van der Waals surface area contributed by atoms with Crippen molar-refractivity contribution < 1.29 is 272 Å². The van der Waals surface area contributed by atoms with Crippen LogP contribution in [0.4, 0.5) is 0 Å². The van der Waals surface area contributed by atoms with Gasteiger partial charge in [-0.15, -0.1) is 0 Å². The quantitative estimate of drug-likeness (QED) is 0.0284. The second-order valence-electron chi connectivity index (χ2n) is 33.7. The van der Waals surface area contributed by atoms with E-state index in [0.29, 0.717) is 0 Å². The van der Waals surface area contributed by atoms with Gasteiger partial charge in [-0.25, -0.2) is 0 Å². The summed E-state index contributed by atoms with van der Waals surface area (Å²) >= 11 is 0. The molecule has 55 atom stereocenters. The van der Waals surface area contributed by atoms with Gasteiger partial charge in [-0.1, -0.05) is 13.8 Å². The Morgan fingerprint density at radius 3 is 0.792 bits per heavy atom. The standard InChI is InChI=1S/C73H124N2O55/c1-16(2)55-30(74-17(3)85)41(96)56(26(12-83)112-55)123-64-31(75-18(4)86)42(97)57(27(13-84)120-64)124-69-54(109)59(126-72-63(49(104)38(93)24(10-81)118-72)130-73-62(48(103)37(92)25(11-82)119-73)129-68-52(107)45(100)34(89)21(7-78)115-68)40(95)29(122-69)14-110-65-53(108)58(125-71-61(47(102)36(91)23(9-80)117-71)128-67-51(106)44(99)33(88)20(6-77)114-67)39(94)28(121-65)15-111-70-60(46(101)35(90)22(8-79)116-70)127-66-50(105)43(98)32(87)19(5-76)113-66/h16,19-73,76-84,87-109H,5-15H2,1-4H3,(H,74,85)(H,75,86)/t19?,20-,21-,22?,23-,24-,25-,26?,27?,28?,29?,30?,31?,32+,33+,34+,35+,36+,37+,38+,39+,40+,41+,42+,43-,44?,45?,46-,47?,48?,49?,50?,51?,52?,53?,54?,55-,56+,57+,58-,59-,60?,61?,62?,63?,64-,65+,66+,67+,68+,69-,70-,71+,72+,73+/m0/s1. The van der Waals surface area contributed by atoms with Crippen LogP contribution in [0.1, 0.15) is 27.7 Å². The molecule has 11 heterocycles. The van der Waals surface area contributed by atoms with Gasteiger partial charge in [0.15, 0.2) is 62.9 Å². The molecule has 0 aliphatic carbocycles. The van der Waals surface area contributed by atoms with Crippen molar-refractivity contribution >= 4 is 11.8 Å². The summed E-state index contributed by atoms with van der Waals surface area (Å²) in [6.45, 7) is -7.13. The van der Waals surface area contributed by atoms with Crippen molar-refractivity contribution in [2.45, 2.75) is 365 Å². The molecule has 756 valence electrons. The first-order valence-electron chi connectivity index (χ1n) is 41.9. The van der Waals surface area contributed by atoms with Crippen LogP contribution in [0.25, 0.3) is 0 Å². The molecule has 0 spiro atoms. The monoisotopic (exact) mass is 1910 g/mol. The molecule has 0 radical (unpaired) electrons. The molecule has 11 aliphatic heterocycles. The van der Waals surface area contributed by atoms with Crippen molar-refractivity contribution in [3.63, 3.8) is 0 Å². The van der Waals surface area contributed by atoms with Crippen LogP contribution >= 0.6 is 0 Å². The van der Waals surface area contributed by atoms with Crippen LogP contribution in [0.5, 0.6) is 0 Å². The average molecular weight is 1910 g/mol. The van der Waals surface area contributed by atoms with E-state index < -0.39 is 428 Å². The van der Waals surface area contributed by atoms with Gasteiger partial charge in [-0.3, -0.25) is 9.59 Å². The predicted octanol–water partition coefficient (Wildman–Crippen LogP) is -23.0. The van der Waals surface area contributed by atoms with E-state index in [1.165, 1.54) is 0 Å². The fourth-order valence-electron chi connectivity index (χ4n) is 17.1. The highest BCUT2D eigenvalue weighted by molar-refractivity contribution is 5.73. The molecule has 0 aromatic carbocycles. The van der Waals surface area contributed by atoms with Crippen molar-refractivity contribution in [3.8, 4) is 0 Å². The van der Waals surface area contributed by atoms with Crippen molar-refractivity contribution in [2.75, 3.05) is 72.7 Å². The number of hydrogen-bond donors (Lipinski definition) is 34. The molecule has 34 N–H and O–H groups in total. The lowest BCUT2D eigenvalue weighted by Gasteiger charge is -2.51. The van der Waals surface area contributed by atoms with Crippen LogP contribution in [-0.4, -0.2) is 585 Å². The smallest absolute Gasteiger partial charge is 0.217 e. The molecule has 11 fully saturated rings. The predicted molar refractivity (Wildman–Crippen MR) is 398 cm³/mol. The Kier molecular flexibility index (Phi) is 38.5. The Morgan fingerprint density at radius 2 is 0.454 bits per heavy atom. The van der Waals surface area contributed by atoms with Gasteiger partial charge in [0.25, 0.3) is 0 Å². The van der Waals surface area contributed by atoms with Gasteiger partial charge in [-0.05, 0) is 5.92 Å². The molecular formula is C73H124N2O55. The first-order valence-corrected chi connectivity index (χ1v) is 41.9. The van der Waals surface area contributed by atoms with Gasteiger partial charge in [0.2, 0.25) is 11.8 Å². The van der Waals surface area contributed by atoms with Crippen molar-refractivity contribution in [1.29, 1.82) is 0 Å². The minimum Gasteiger partial charge on any atom is -0.394 e. The van der Waals surface area contributed by atoms with Crippen molar-refractivity contribution in [2.24, 2.45) is 5.92 Å². The number of aliphatic hydroxyl groups excluding tert-OH is 32. The summed E-state index contributed by atoms with van der Waals surface area (Å²) in [4.78, 5) is 25.8. The van der Waals surface area contributed by atoms with Gasteiger partial charge in [0, 0.05) is 13.8 Å². The minimum atomic E-state index is -2.67. The third-order valence-corrected chi connectivity index (χ3v) is 24.5. The zero-order chi connectivity index (χ0) is 95.5. The van der Waals surface area contributed by atoms with Gasteiger partial charge < -0.3 is 274 Å². The summed E-state index contributed by atoms with van der Waals surface area (Å²) in [7, 11) is 0. The number of nitrogens with one attached hydrogen (secondary N) is 2. The number of aliphatic hydroxyl groups is 32. The van der Waals surface area contributed by atoms with Crippen LogP contribution in [-0.2, 0) is 109 Å². The lowest BCUT2D eigenvalue weighted by molar-refractivity contribution is -0.408. The zero-order valence-corrected chi connectivity index (χ0v) is 69.8. The summed E-state index contributed by atoms with van der Waals surface area (Å²) in [5, 5.41) is 364. The van der Waals surface area contributed by atoms with Crippen LogP contribution in [0.2, 0.25) is 0 Å². The molecule has 2 amide bonds. The first-order chi connectivity index (χ1) is 61.6. The number of ether oxygens (including phenoxy) is 21. The molecule has 11 aliphatic rings. The maximum absolute atomic E-state index is 13.2. The fraction of sp³-hybridized carbons (Fsp3) is 0.973. The van der Waals surface area contributed by atoms with E-state index in [1.54, 1.807) is 13.8 Å². The molecule has 0 bridgehead atoms. The Morgan fingerprint density at radius 1 is 0.223 bits per heavy atom. The molecular weight excluding hydrogens is 1780 g/mol. The summed E-state index contributed by atoms with van der Waals surface area (Å²) in [5.74, 6) is -2.06. The maximum Gasteiger partial charge on any atom is 0.217 e. The molecule has 130 heavy (non-hydrogen) atoms. The van der Waals surface area contributed by atoms with Crippen molar-refractivity contribution in [1.82, 2.24) is 10.6 Å². The lowest BCUT2D eigenvalue weighted by Crippen LogP contribution is -2.71. The SMILES string of the molecule is CC(=O)NC1[C@H](O[C@@H]2C(CO)O[C@@H](C(C)C)C(NC(C)=O)[C@H]2O)OC(CO)[C@@H](O[C@@H]2OC(CO[C@@H]3OC(CO[C@H]4OC(CO)[C@@H](O)[C@H](O)C4O[C@H]4OC(CO)[C@@H](O)[C@H](O)C4O)[C@@H](O)[C@H](O[C@H]4O[C@@H](CO)[C@@H](O)C(O)C4O[C@H]4O[C@@H](CO)[C@@H](O)C(O)C4O)C3O)[C@@H](O)[C@H](O[C@H]3O[C@@H](CO)[C@@H](O)C(O)C3O[C@H]3O[C@@H](CO)[C@@H](O)C(O)C3O[C@H]3O[C@@H](CO)[C@@H](O)C(O)C3O)C2O)[C@@H]1O. The fourth-order valence-corrected chi connectivity index (χ4v) is 17.1. The van der Waals surface area contributed by atoms with E-state index in [9.17, 15) is 173 Å². The van der Waals surface area contributed by atoms with E-state index in [2.05, 4.69) is 10.6 Å². The van der Waals surface area contributed by atoms with E-state index in [-0.39, 0.29) is 0 Å². The third-order valence-electron chi connectivity index (χ3n) is 24.5. The topological polar surface area (TPSA) is 899 Å². The molecule has 57 nitrogen and oxygen atoms in total. The van der Waals surface area contributed by atoms with Crippen LogP contribution in [0, 0.1) is 5.92 Å². The number of hydrogen-bond acceptors (Lipinski definition) is 55. The normalized spacial score (nSPS) is 51.1. The second-order valence-corrected chi connectivity index (χ2v) is 33.7. The van der Waals surface area contributed by atoms with Crippen LogP contribution in [0.15, 0.2) is 0 Å². The maximum atomic E-state index is 13.2. The summed E-state index contributed by atoms with van der Waals surface area (Å²) in [5.41, 5.74) is 0. The largest absolute Gasteiger partial charge is 0.394 e. The molecule has 11 saturated heterocycles. The van der Waals surface area contributed by atoms with Crippen LogP contribution in [0.3, 0.4) is 0 Å². The molecule has 0 aromatic rings. The zero-order valence-electron chi connectivity index (χ0n) is 69.8. The summed E-state index contributed by atoms with van der Waals surface area (Å²) < 4.78 is 125. The van der Waals surface area contributed by atoms with E-state index >= 15 is 0 Å². The third kappa shape index (κ3) is 22.9. The Hall–Kier alpha value is -3.18. The van der Waals surface area contributed by atoms with E-state index in [4.69, 9.17) is 99.5 Å². The number of carbonyl (C=O) groups excluding carboxylic acids is 2. The molecule has 0 aromatic heterocycles. The first kappa shape index (κ1) is 107. The highest BCUT2D eigenvalue weighted by Crippen LogP contribution is 2.42. The summed E-state index contributed by atoms with van der Waals surface area (Å²) in [6.07, 6.45) is -115. The van der Waals surface area contributed by atoms with Gasteiger partial charge in [0.1, 0.15) is 262 Å². The molecule has 57 heteroatoms. The van der Waals surface area contributed by atoms with Gasteiger partial charge in [0.05, 0.1) is 84.8 Å². The Balaban J connectivity index is 0.964. The summed E-state index contributed by atoms with van der Waals surface area (Å²) in [6, 6.07) is -3.22. The van der Waals surface area contributed by atoms with Crippen LogP contribution < -0.4 is 10.6 Å². The highest BCUT2D eigenvalue weighted by atomic mass is 16.8. The molecule has 11 rings (SSSR count). The van der Waals surface area contributed by atoms with Crippen molar-refractivity contribution in [3.05, 3.63) is 0 Å². The lowest BCUT2D eigenvalue weighted by atomic mass is 9.87. The number of carbonyl (C=O) groups is 2. The highest BCUT2D eigenvalue weighted by Gasteiger charge is 2.63. The van der Waals surface area contributed by atoms with E-state index in [0.717, 1.165) is 13.8 Å². The molecule has 22 unspecified atom stereocenters. The average Bonchev–Trinajstić information content (AvgIpc) is 0.761. The second kappa shape index (κ2) is 46.7.